The molecule has 5 heteroatoms. The van der Waals surface area contributed by atoms with Crippen molar-refractivity contribution in [2.75, 3.05) is 31.5 Å². The molecular formula is C20H27N3O2. The first kappa shape index (κ1) is 18.8. The Morgan fingerprint density at radius 3 is 2.40 bits per heavy atom. The zero-order valence-electron chi connectivity index (χ0n) is 15.0. The smallest absolute Gasteiger partial charge is 0.319 e. The molecule has 0 aliphatic rings. The molecule has 2 aromatic carbocycles. The van der Waals surface area contributed by atoms with E-state index in [2.05, 4.69) is 29.4 Å². The molecule has 0 heterocycles. The Hall–Kier alpha value is -2.53. The van der Waals surface area contributed by atoms with Crippen LogP contribution in [0.15, 0.2) is 54.6 Å². The van der Waals surface area contributed by atoms with Gasteiger partial charge >= 0.3 is 6.03 Å². The lowest BCUT2D eigenvalue weighted by Gasteiger charge is -2.18. The zero-order valence-corrected chi connectivity index (χ0v) is 15.0. The highest BCUT2D eigenvalue weighted by atomic mass is 16.5. The lowest BCUT2D eigenvalue weighted by atomic mass is 10.2. The molecule has 0 aromatic heterocycles. The van der Waals surface area contributed by atoms with Gasteiger partial charge in [0.1, 0.15) is 12.4 Å². The first-order chi connectivity index (χ1) is 12.2. The number of amides is 2. The van der Waals surface area contributed by atoms with Gasteiger partial charge in [-0.05, 0) is 31.3 Å². The van der Waals surface area contributed by atoms with E-state index in [1.165, 1.54) is 0 Å². The number of nitrogens with zero attached hydrogens (tertiary/aromatic N) is 1. The molecule has 134 valence electrons. The number of urea groups is 1. The standard InChI is InChI=1S/C20H27N3O2/c1-3-23(4-2)15-14-21-20(24)22-19-13-9-8-10-17(19)16-25-18-11-6-5-7-12-18/h5-13H,3-4,14-16H2,1-2H3,(H2,21,22,24). The number of carbonyl (C=O) groups excluding carboxylic acids is 1. The number of carbonyl (C=O) groups is 1. The molecular weight excluding hydrogens is 314 g/mol. The van der Waals surface area contributed by atoms with Gasteiger partial charge in [0.05, 0.1) is 0 Å². The molecule has 25 heavy (non-hydrogen) atoms. The molecule has 0 radical (unpaired) electrons. The Balaban J connectivity index is 1.86. The van der Waals surface area contributed by atoms with Gasteiger partial charge in [-0.1, -0.05) is 50.2 Å². The minimum absolute atomic E-state index is 0.195. The Morgan fingerprint density at radius 2 is 1.68 bits per heavy atom. The Labute approximate surface area is 150 Å². The number of anilines is 1. The van der Waals surface area contributed by atoms with Crippen LogP contribution in [0.2, 0.25) is 0 Å². The molecule has 2 aromatic rings. The van der Waals surface area contributed by atoms with Gasteiger partial charge in [-0.2, -0.15) is 0 Å². The quantitative estimate of drug-likeness (QED) is 0.731. The van der Waals surface area contributed by atoms with Gasteiger partial charge in [-0.3, -0.25) is 0 Å². The van der Waals surface area contributed by atoms with Crippen LogP contribution in [-0.4, -0.2) is 37.1 Å². The van der Waals surface area contributed by atoms with E-state index in [9.17, 15) is 4.79 Å². The number of nitrogens with one attached hydrogen (secondary N) is 2. The first-order valence-corrected chi connectivity index (χ1v) is 8.75. The van der Waals surface area contributed by atoms with Crippen LogP contribution in [0.3, 0.4) is 0 Å². The molecule has 0 spiro atoms. The Morgan fingerprint density at radius 1 is 1.00 bits per heavy atom. The highest BCUT2D eigenvalue weighted by Crippen LogP contribution is 2.18. The fraction of sp³-hybridized carbons (Fsp3) is 0.350. The summed E-state index contributed by atoms with van der Waals surface area (Å²) < 4.78 is 5.78. The third-order valence-corrected chi connectivity index (χ3v) is 4.01. The average Bonchev–Trinajstić information content (AvgIpc) is 2.65. The molecule has 2 rings (SSSR count). The van der Waals surface area contributed by atoms with Crippen LogP contribution < -0.4 is 15.4 Å². The highest BCUT2D eigenvalue weighted by molar-refractivity contribution is 5.90. The van der Waals surface area contributed by atoms with Crippen molar-refractivity contribution in [3.8, 4) is 5.75 Å². The number of hydrogen-bond donors (Lipinski definition) is 2. The van der Waals surface area contributed by atoms with Crippen molar-refractivity contribution in [2.45, 2.75) is 20.5 Å². The monoisotopic (exact) mass is 341 g/mol. The zero-order chi connectivity index (χ0) is 17.9. The summed E-state index contributed by atoms with van der Waals surface area (Å²) in [6.07, 6.45) is 0. The lowest BCUT2D eigenvalue weighted by molar-refractivity contribution is 0.247. The third-order valence-electron chi connectivity index (χ3n) is 4.01. The number of hydrogen-bond acceptors (Lipinski definition) is 3. The summed E-state index contributed by atoms with van der Waals surface area (Å²) in [5.74, 6) is 0.806. The van der Waals surface area contributed by atoms with Crippen molar-refractivity contribution in [1.29, 1.82) is 0 Å². The second-order valence-electron chi connectivity index (χ2n) is 5.67. The maximum Gasteiger partial charge on any atom is 0.319 e. The topological polar surface area (TPSA) is 53.6 Å². The van der Waals surface area contributed by atoms with E-state index in [1.54, 1.807) is 0 Å². The molecule has 5 nitrogen and oxygen atoms in total. The van der Waals surface area contributed by atoms with Crippen molar-refractivity contribution in [1.82, 2.24) is 10.2 Å². The second-order valence-corrected chi connectivity index (χ2v) is 5.67. The van der Waals surface area contributed by atoms with E-state index in [-0.39, 0.29) is 6.03 Å². The van der Waals surface area contributed by atoms with Crippen LogP contribution >= 0.6 is 0 Å². The van der Waals surface area contributed by atoms with Crippen LogP contribution in [0, 0.1) is 0 Å². The molecule has 0 atom stereocenters. The average molecular weight is 341 g/mol. The summed E-state index contributed by atoms with van der Waals surface area (Å²) in [4.78, 5) is 14.4. The summed E-state index contributed by atoms with van der Waals surface area (Å²) in [6, 6.07) is 17.1. The van der Waals surface area contributed by atoms with Crippen LogP contribution in [0.1, 0.15) is 19.4 Å². The van der Waals surface area contributed by atoms with Crippen molar-refractivity contribution < 1.29 is 9.53 Å². The molecule has 0 fully saturated rings. The maximum absolute atomic E-state index is 12.1. The molecule has 0 aliphatic heterocycles. The molecule has 0 saturated carbocycles. The van der Waals surface area contributed by atoms with E-state index in [4.69, 9.17) is 4.74 Å². The van der Waals surface area contributed by atoms with Crippen LogP contribution in [-0.2, 0) is 6.61 Å². The Bertz CT molecular complexity index is 642. The number of para-hydroxylation sites is 2. The van der Waals surface area contributed by atoms with Crippen molar-refractivity contribution in [2.24, 2.45) is 0 Å². The molecule has 0 unspecified atom stereocenters. The predicted molar refractivity (Wildman–Crippen MR) is 102 cm³/mol. The summed E-state index contributed by atoms with van der Waals surface area (Å²) in [5, 5.41) is 5.81. The van der Waals surface area contributed by atoms with E-state index in [0.29, 0.717) is 13.2 Å². The maximum atomic E-state index is 12.1. The second kappa shape index (κ2) is 10.4. The summed E-state index contributed by atoms with van der Waals surface area (Å²) in [7, 11) is 0. The number of benzene rings is 2. The van der Waals surface area contributed by atoms with E-state index < -0.39 is 0 Å². The molecule has 0 aliphatic carbocycles. The SMILES string of the molecule is CCN(CC)CCNC(=O)Nc1ccccc1COc1ccccc1. The van der Waals surface area contributed by atoms with Gasteiger partial charge in [0.2, 0.25) is 0 Å². The fourth-order valence-corrected chi connectivity index (χ4v) is 2.48. The van der Waals surface area contributed by atoms with E-state index in [1.807, 2.05) is 54.6 Å². The first-order valence-electron chi connectivity index (χ1n) is 8.75. The van der Waals surface area contributed by atoms with Gasteiger partial charge in [0.25, 0.3) is 0 Å². The number of likely N-dealkylation sites (N-methyl/N-ethyl adjacent to an activating group) is 1. The highest BCUT2D eigenvalue weighted by Gasteiger charge is 2.07. The predicted octanol–water partition coefficient (Wildman–Crippen LogP) is 3.73. The van der Waals surface area contributed by atoms with Gasteiger partial charge in [-0.15, -0.1) is 0 Å². The van der Waals surface area contributed by atoms with Gasteiger partial charge in [0.15, 0.2) is 0 Å². The molecule has 2 amide bonds. The minimum atomic E-state index is -0.195. The number of rotatable bonds is 9. The van der Waals surface area contributed by atoms with E-state index >= 15 is 0 Å². The van der Waals surface area contributed by atoms with Gasteiger partial charge in [0, 0.05) is 24.3 Å². The summed E-state index contributed by atoms with van der Waals surface area (Å²) in [6.45, 7) is 8.08. The number of ether oxygens (including phenoxy) is 1. The normalized spacial score (nSPS) is 10.5. The van der Waals surface area contributed by atoms with Crippen LogP contribution in [0.5, 0.6) is 5.75 Å². The lowest BCUT2D eigenvalue weighted by Crippen LogP contribution is -2.37. The van der Waals surface area contributed by atoms with Crippen molar-refractivity contribution >= 4 is 11.7 Å². The fourth-order valence-electron chi connectivity index (χ4n) is 2.48. The van der Waals surface area contributed by atoms with Gasteiger partial charge < -0.3 is 20.3 Å². The largest absolute Gasteiger partial charge is 0.489 e. The van der Waals surface area contributed by atoms with E-state index in [0.717, 1.165) is 36.6 Å². The van der Waals surface area contributed by atoms with Crippen molar-refractivity contribution in [3.05, 3.63) is 60.2 Å². The molecule has 0 saturated heterocycles. The third kappa shape index (κ3) is 6.47. The Kier molecular flexibility index (Phi) is 7.79. The molecule has 0 bridgehead atoms. The minimum Gasteiger partial charge on any atom is -0.489 e. The summed E-state index contributed by atoms with van der Waals surface area (Å²) >= 11 is 0. The molecule has 2 N–H and O–H groups in total. The van der Waals surface area contributed by atoms with Gasteiger partial charge in [-0.25, -0.2) is 4.79 Å². The van der Waals surface area contributed by atoms with Crippen LogP contribution in [0.4, 0.5) is 10.5 Å². The van der Waals surface area contributed by atoms with Crippen molar-refractivity contribution in [3.63, 3.8) is 0 Å². The van der Waals surface area contributed by atoms with Crippen LogP contribution in [0.25, 0.3) is 0 Å². The summed E-state index contributed by atoms with van der Waals surface area (Å²) in [5.41, 5.74) is 1.70.